The summed E-state index contributed by atoms with van der Waals surface area (Å²) in [7, 11) is 0. The third-order valence-electron chi connectivity index (χ3n) is 5.13. The van der Waals surface area contributed by atoms with Crippen LogP contribution in [0.4, 0.5) is 11.5 Å². The Morgan fingerprint density at radius 2 is 1.93 bits per heavy atom. The van der Waals surface area contributed by atoms with Gasteiger partial charge in [0.2, 0.25) is 0 Å². The van der Waals surface area contributed by atoms with Crippen molar-refractivity contribution in [2.24, 2.45) is 5.41 Å². The van der Waals surface area contributed by atoms with Gasteiger partial charge in [-0.3, -0.25) is 9.88 Å². The maximum atomic E-state index is 4.54. The molecule has 0 saturated carbocycles. The molecule has 0 saturated heterocycles. The molecule has 0 amide bonds. The van der Waals surface area contributed by atoms with Gasteiger partial charge in [0.05, 0.1) is 23.1 Å². The maximum absolute atomic E-state index is 4.54. The predicted molar refractivity (Wildman–Crippen MR) is 110 cm³/mol. The van der Waals surface area contributed by atoms with Crippen molar-refractivity contribution in [1.82, 2.24) is 19.9 Å². The summed E-state index contributed by atoms with van der Waals surface area (Å²) in [6, 6.07) is 10.8. The molecule has 1 aromatic carbocycles. The second kappa shape index (κ2) is 6.89. The van der Waals surface area contributed by atoms with Crippen LogP contribution in [-0.2, 0) is 13.1 Å². The largest absolute Gasteiger partial charge is 0.339 e. The van der Waals surface area contributed by atoms with Gasteiger partial charge in [-0.2, -0.15) is 0 Å². The Morgan fingerprint density at radius 1 is 1.11 bits per heavy atom. The zero-order chi connectivity index (χ0) is 19.0. The number of nitrogens with one attached hydrogen (secondary N) is 1. The van der Waals surface area contributed by atoms with Crippen molar-refractivity contribution in [2.45, 2.75) is 53.2 Å². The molecule has 3 heterocycles. The highest BCUT2D eigenvalue weighted by molar-refractivity contribution is 5.82. The van der Waals surface area contributed by atoms with Crippen LogP contribution < -0.4 is 5.32 Å². The van der Waals surface area contributed by atoms with Crippen molar-refractivity contribution in [3.8, 4) is 0 Å². The van der Waals surface area contributed by atoms with E-state index in [4.69, 9.17) is 0 Å². The first-order chi connectivity index (χ1) is 12.9. The van der Waals surface area contributed by atoms with Crippen molar-refractivity contribution in [1.29, 1.82) is 0 Å². The number of fused-ring (bicyclic) bond motifs is 2. The summed E-state index contributed by atoms with van der Waals surface area (Å²) >= 11 is 0. The molecule has 1 unspecified atom stereocenters. The number of nitrogens with zero attached hydrogens (tertiary/aromatic N) is 4. The van der Waals surface area contributed by atoms with Crippen molar-refractivity contribution in [2.75, 3.05) is 5.32 Å². The molecule has 1 aliphatic heterocycles. The highest BCUT2D eigenvalue weighted by Crippen LogP contribution is 2.32. The lowest BCUT2D eigenvalue weighted by Gasteiger charge is -2.30. The summed E-state index contributed by atoms with van der Waals surface area (Å²) in [6.45, 7) is 11.0. The summed E-state index contributed by atoms with van der Waals surface area (Å²) < 4.78 is 0. The highest BCUT2D eigenvalue weighted by atomic mass is 15.2. The van der Waals surface area contributed by atoms with Crippen molar-refractivity contribution in [3.63, 3.8) is 0 Å². The lowest BCUT2D eigenvalue weighted by molar-refractivity contribution is 0.160. The van der Waals surface area contributed by atoms with Crippen LogP contribution in [0.1, 0.15) is 45.4 Å². The minimum Gasteiger partial charge on any atom is -0.339 e. The molecule has 1 N–H and O–H groups in total. The first kappa shape index (κ1) is 17.9. The van der Waals surface area contributed by atoms with Gasteiger partial charge >= 0.3 is 0 Å². The van der Waals surface area contributed by atoms with Gasteiger partial charge < -0.3 is 5.32 Å². The van der Waals surface area contributed by atoms with Gasteiger partial charge in [-0.25, -0.2) is 9.97 Å². The Bertz CT molecular complexity index is 960. The molecule has 0 fully saturated rings. The van der Waals surface area contributed by atoms with Gasteiger partial charge in [-0.05, 0) is 30.9 Å². The van der Waals surface area contributed by atoms with E-state index in [1.54, 1.807) is 6.33 Å². The second-order valence-electron chi connectivity index (χ2n) is 8.71. The number of para-hydroxylation sites is 1. The first-order valence-corrected chi connectivity index (χ1v) is 9.58. The van der Waals surface area contributed by atoms with Crippen molar-refractivity contribution >= 4 is 22.4 Å². The van der Waals surface area contributed by atoms with Crippen LogP contribution in [0.15, 0.2) is 42.9 Å². The summed E-state index contributed by atoms with van der Waals surface area (Å²) in [6.07, 6.45) is 4.69. The molecule has 5 heteroatoms. The van der Waals surface area contributed by atoms with Gasteiger partial charge in [0.25, 0.3) is 0 Å². The van der Waals surface area contributed by atoms with Crippen LogP contribution in [0.5, 0.6) is 0 Å². The van der Waals surface area contributed by atoms with Gasteiger partial charge in [0, 0.05) is 30.1 Å². The van der Waals surface area contributed by atoms with E-state index in [9.17, 15) is 0 Å². The number of benzene rings is 1. The molecule has 0 spiro atoms. The number of hydrogen-bond donors (Lipinski definition) is 1. The van der Waals surface area contributed by atoms with E-state index in [0.717, 1.165) is 47.6 Å². The van der Waals surface area contributed by atoms with Crippen molar-refractivity contribution in [3.05, 3.63) is 54.1 Å². The maximum Gasteiger partial charge on any atom is 0.138 e. The average molecular weight is 361 g/mol. The zero-order valence-electron chi connectivity index (χ0n) is 16.5. The second-order valence-corrected chi connectivity index (χ2v) is 8.71. The number of rotatable bonds is 4. The van der Waals surface area contributed by atoms with Crippen LogP contribution in [0.25, 0.3) is 10.9 Å². The third kappa shape index (κ3) is 3.93. The van der Waals surface area contributed by atoms with E-state index in [2.05, 4.69) is 65.0 Å². The van der Waals surface area contributed by atoms with Gasteiger partial charge in [-0.1, -0.05) is 39.0 Å². The molecular formula is C22H27N5. The fraction of sp³-hybridized carbons (Fsp3) is 0.409. The number of anilines is 2. The van der Waals surface area contributed by atoms with Gasteiger partial charge in [0.1, 0.15) is 12.1 Å². The molecule has 1 atom stereocenters. The third-order valence-corrected chi connectivity index (χ3v) is 5.13. The Balaban J connectivity index is 1.56. The van der Waals surface area contributed by atoms with Crippen LogP contribution >= 0.6 is 0 Å². The fourth-order valence-corrected chi connectivity index (χ4v) is 3.91. The smallest absolute Gasteiger partial charge is 0.138 e. The molecule has 4 rings (SSSR count). The molecule has 0 radical (unpaired) electrons. The van der Waals surface area contributed by atoms with E-state index in [1.165, 1.54) is 5.56 Å². The van der Waals surface area contributed by atoms with Gasteiger partial charge in [-0.15, -0.1) is 0 Å². The Hall–Kier alpha value is -2.53. The molecule has 3 aromatic rings. The molecule has 2 aromatic heterocycles. The molecule has 5 nitrogen and oxygen atoms in total. The van der Waals surface area contributed by atoms with Crippen LogP contribution in [0, 0.1) is 5.41 Å². The monoisotopic (exact) mass is 361 g/mol. The summed E-state index contributed by atoms with van der Waals surface area (Å²) in [5, 5.41) is 4.58. The standard InChI is InChI=1S/C22H27N5/c1-15(10-22(2,3)4)27-12-18-20(13-27)24-14-25-21(18)26-17-9-16-7-5-6-8-19(16)23-11-17/h5-9,11,14-15H,10,12-13H2,1-4H3,(H,24,25,26). The lowest BCUT2D eigenvalue weighted by Crippen LogP contribution is -2.31. The van der Waals surface area contributed by atoms with E-state index < -0.39 is 0 Å². The topological polar surface area (TPSA) is 53.9 Å². The molecule has 1 aliphatic rings. The minimum atomic E-state index is 0.317. The van der Waals surface area contributed by atoms with Crippen LogP contribution in [0.3, 0.4) is 0 Å². The number of hydrogen-bond acceptors (Lipinski definition) is 5. The lowest BCUT2D eigenvalue weighted by atomic mass is 9.88. The van der Waals surface area contributed by atoms with Gasteiger partial charge in [0.15, 0.2) is 0 Å². The molecule has 140 valence electrons. The highest BCUT2D eigenvalue weighted by Gasteiger charge is 2.29. The Kier molecular flexibility index (Phi) is 4.56. The zero-order valence-corrected chi connectivity index (χ0v) is 16.5. The number of aromatic nitrogens is 3. The molecular weight excluding hydrogens is 334 g/mol. The predicted octanol–water partition coefficient (Wildman–Crippen LogP) is 4.91. The summed E-state index contributed by atoms with van der Waals surface area (Å²) in [5.41, 5.74) is 4.60. The fourth-order valence-electron chi connectivity index (χ4n) is 3.91. The van der Waals surface area contributed by atoms with Crippen LogP contribution in [0.2, 0.25) is 0 Å². The van der Waals surface area contributed by atoms with Crippen molar-refractivity contribution < 1.29 is 0 Å². The minimum absolute atomic E-state index is 0.317. The van der Waals surface area contributed by atoms with Crippen LogP contribution in [-0.4, -0.2) is 25.9 Å². The van der Waals surface area contributed by atoms with E-state index in [1.807, 2.05) is 24.4 Å². The molecule has 27 heavy (non-hydrogen) atoms. The summed E-state index contributed by atoms with van der Waals surface area (Å²) in [4.78, 5) is 16.1. The first-order valence-electron chi connectivity index (χ1n) is 9.58. The SMILES string of the molecule is CC(CC(C)(C)C)N1Cc2ncnc(Nc3cnc4ccccc4c3)c2C1. The quantitative estimate of drug-likeness (QED) is 0.716. The molecule has 0 aliphatic carbocycles. The number of pyridine rings is 1. The average Bonchev–Trinajstić information content (AvgIpc) is 3.06. The van der Waals surface area contributed by atoms with E-state index in [-0.39, 0.29) is 0 Å². The van der Waals surface area contributed by atoms with E-state index >= 15 is 0 Å². The van der Waals surface area contributed by atoms with E-state index in [0.29, 0.717) is 11.5 Å². The Labute approximate surface area is 160 Å². The summed E-state index contributed by atoms with van der Waals surface area (Å²) in [5.74, 6) is 0.891. The molecule has 0 bridgehead atoms. The normalized spacial score (nSPS) is 15.7. The Morgan fingerprint density at radius 3 is 2.74 bits per heavy atom.